The van der Waals surface area contributed by atoms with E-state index in [4.69, 9.17) is 5.73 Å². The van der Waals surface area contributed by atoms with Crippen molar-refractivity contribution in [3.8, 4) is 0 Å². The maximum absolute atomic E-state index is 11.9. The number of amides is 2. The highest BCUT2D eigenvalue weighted by Gasteiger charge is 2.21. The van der Waals surface area contributed by atoms with Gasteiger partial charge in [-0.2, -0.15) is 0 Å². The molecular weight excluding hydrogens is 214 g/mol. The van der Waals surface area contributed by atoms with E-state index < -0.39 is 0 Å². The van der Waals surface area contributed by atoms with Gasteiger partial charge in [-0.1, -0.05) is 12.1 Å². The lowest BCUT2D eigenvalue weighted by atomic mass is 9.98. The molecule has 0 saturated carbocycles. The topological polar surface area (TPSA) is 58.4 Å². The van der Waals surface area contributed by atoms with Crippen LogP contribution >= 0.6 is 0 Å². The predicted octanol–water partition coefficient (Wildman–Crippen LogP) is 1.74. The number of nitrogens with one attached hydrogen (secondary N) is 1. The van der Waals surface area contributed by atoms with E-state index in [2.05, 4.69) is 5.32 Å². The van der Waals surface area contributed by atoms with Crippen molar-refractivity contribution in [2.24, 2.45) is 0 Å². The highest BCUT2D eigenvalue weighted by Crippen LogP contribution is 2.23. The van der Waals surface area contributed by atoms with Crippen molar-refractivity contribution in [3.63, 3.8) is 0 Å². The third-order valence-electron chi connectivity index (χ3n) is 3.00. The Bertz CT molecular complexity index is 429. The molecule has 4 heteroatoms. The molecule has 0 spiro atoms. The number of nitrogens with zero attached hydrogens (tertiary/aromatic N) is 1. The summed E-state index contributed by atoms with van der Waals surface area (Å²) in [5, 5.41) is 2.91. The summed E-state index contributed by atoms with van der Waals surface area (Å²) in [5.41, 5.74) is 9.12. The molecule has 1 aliphatic heterocycles. The maximum Gasteiger partial charge on any atom is 0.317 e. The molecule has 0 aromatic heterocycles. The minimum absolute atomic E-state index is 0.00748. The highest BCUT2D eigenvalue weighted by molar-refractivity contribution is 5.75. The molecule has 0 radical (unpaired) electrons. The molecule has 1 aliphatic rings. The standard InChI is InChI=1S/C13H19N3O/c1-9(2)15-13(17)16-7-6-11-10(8-16)4-3-5-12(11)14/h3-5,9H,6-8,14H2,1-2H3,(H,15,17). The normalized spacial score (nSPS) is 14.6. The van der Waals surface area contributed by atoms with Crippen molar-refractivity contribution < 1.29 is 4.79 Å². The van der Waals surface area contributed by atoms with Gasteiger partial charge in [-0.25, -0.2) is 4.79 Å². The Balaban J connectivity index is 2.11. The molecule has 17 heavy (non-hydrogen) atoms. The summed E-state index contributed by atoms with van der Waals surface area (Å²) in [7, 11) is 0. The van der Waals surface area contributed by atoms with Crippen molar-refractivity contribution in [1.82, 2.24) is 10.2 Å². The van der Waals surface area contributed by atoms with E-state index in [1.165, 1.54) is 5.56 Å². The lowest BCUT2D eigenvalue weighted by Gasteiger charge is -2.30. The van der Waals surface area contributed by atoms with Gasteiger partial charge in [-0.3, -0.25) is 0 Å². The Morgan fingerprint density at radius 1 is 1.47 bits per heavy atom. The zero-order valence-electron chi connectivity index (χ0n) is 10.4. The molecule has 1 heterocycles. The highest BCUT2D eigenvalue weighted by atomic mass is 16.2. The van der Waals surface area contributed by atoms with E-state index in [1.54, 1.807) is 0 Å². The average molecular weight is 233 g/mol. The van der Waals surface area contributed by atoms with Crippen LogP contribution in [0.4, 0.5) is 10.5 Å². The Hall–Kier alpha value is -1.71. The van der Waals surface area contributed by atoms with E-state index in [0.717, 1.165) is 24.2 Å². The summed E-state index contributed by atoms with van der Waals surface area (Å²) in [6, 6.07) is 6.08. The number of fused-ring (bicyclic) bond motifs is 1. The Labute approximate surface area is 102 Å². The Morgan fingerprint density at radius 3 is 2.94 bits per heavy atom. The zero-order valence-corrected chi connectivity index (χ0v) is 10.4. The predicted molar refractivity (Wildman–Crippen MR) is 68.6 cm³/mol. The number of nitrogen functional groups attached to an aromatic ring is 1. The van der Waals surface area contributed by atoms with Crippen LogP contribution in [0.1, 0.15) is 25.0 Å². The number of anilines is 1. The van der Waals surface area contributed by atoms with Gasteiger partial charge in [0, 0.05) is 24.8 Å². The quantitative estimate of drug-likeness (QED) is 0.726. The van der Waals surface area contributed by atoms with Gasteiger partial charge in [-0.05, 0) is 37.5 Å². The maximum atomic E-state index is 11.9. The van der Waals surface area contributed by atoms with E-state index >= 15 is 0 Å². The van der Waals surface area contributed by atoms with Gasteiger partial charge in [0.2, 0.25) is 0 Å². The number of hydrogen-bond acceptors (Lipinski definition) is 2. The Kier molecular flexibility index (Phi) is 3.22. The third kappa shape index (κ3) is 2.52. The van der Waals surface area contributed by atoms with Crippen molar-refractivity contribution in [1.29, 1.82) is 0 Å². The first-order valence-electron chi connectivity index (χ1n) is 5.99. The molecule has 3 N–H and O–H groups in total. The van der Waals surface area contributed by atoms with Gasteiger partial charge in [0.15, 0.2) is 0 Å². The summed E-state index contributed by atoms with van der Waals surface area (Å²) in [5.74, 6) is 0. The van der Waals surface area contributed by atoms with Crippen molar-refractivity contribution in [3.05, 3.63) is 29.3 Å². The average Bonchev–Trinajstić information content (AvgIpc) is 2.28. The van der Waals surface area contributed by atoms with Gasteiger partial charge in [-0.15, -0.1) is 0 Å². The molecule has 0 bridgehead atoms. The SMILES string of the molecule is CC(C)NC(=O)N1CCc2c(N)cccc2C1. The number of carbonyl (C=O) groups excluding carboxylic acids is 1. The molecule has 2 rings (SSSR count). The lowest BCUT2D eigenvalue weighted by molar-refractivity contribution is 0.190. The van der Waals surface area contributed by atoms with Crippen LogP contribution in [0, 0.1) is 0 Å². The van der Waals surface area contributed by atoms with Crippen molar-refractivity contribution in [2.75, 3.05) is 12.3 Å². The number of hydrogen-bond donors (Lipinski definition) is 2. The monoisotopic (exact) mass is 233 g/mol. The molecule has 2 amide bonds. The van der Waals surface area contributed by atoms with Gasteiger partial charge < -0.3 is 16.0 Å². The second-order valence-corrected chi connectivity index (χ2v) is 4.76. The minimum atomic E-state index is 0.00748. The van der Waals surface area contributed by atoms with E-state index in [-0.39, 0.29) is 12.1 Å². The molecule has 0 fully saturated rings. The molecule has 92 valence electrons. The van der Waals surface area contributed by atoms with Crippen molar-refractivity contribution >= 4 is 11.7 Å². The Morgan fingerprint density at radius 2 is 2.24 bits per heavy atom. The lowest BCUT2D eigenvalue weighted by Crippen LogP contribution is -2.45. The fourth-order valence-electron chi connectivity index (χ4n) is 2.15. The smallest absolute Gasteiger partial charge is 0.317 e. The summed E-state index contributed by atoms with van der Waals surface area (Å²) in [4.78, 5) is 13.7. The molecule has 0 atom stereocenters. The summed E-state index contributed by atoms with van der Waals surface area (Å²) < 4.78 is 0. The van der Waals surface area contributed by atoms with Gasteiger partial charge in [0.1, 0.15) is 0 Å². The van der Waals surface area contributed by atoms with Crippen LogP contribution in [-0.2, 0) is 13.0 Å². The fraction of sp³-hybridized carbons (Fsp3) is 0.462. The van der Waals surface area contributed by atoms with Gasteiger partial charge in [0.25, 0.3) is 0 Å². The zero-order chi connectivity index (χ0) is 12.4. The molecule has 1 aromatic carbocycles. The van der Waals surface area contributed by atoms with Crippen LogP contribution in [0.15, 0.2) is 18.2 Å². The van der Waals surface area contributed by atoms with Gasteiger partial charge in [0.05, 0.1) is 0 Å². The van der Waals surface area contributed by atoms with Crippen LogP contribution < -0.4 is 11.1 Å². The second kappa shape index (κ2) is 4.65. The summed E-state index contributed by atoms with van der Waals surface area (Å²) in [6.45, 7) is 5.32. The number of urea groups is 1. The van der Waals surface area contributed by atoms with E-state index in [0.29, 0.717) is 6.54 Å². The molecule has 4 nitrogen and oxygen atoms in total. The van der Waals surface area contributed by atoms with Crippen molar-refractivity contribution in [2.45, 2.75) is 32.9 Å². The molecule has 0 aliphatic carbocycles. The molecule has 0 unspecified atom stereocenters. The number of carbonyl (C=O) groups is 1. The number of benzene rings is 1. The number of rotatable bonds is 1. The first-order chi connectivity index (χ1) is 8.08. The largest absolute Gasteiger partial charge is 0.398 e. The summed E-state index contributed by atoms with van der Waals surface area (Å²) in [6.07, 6.45) is 0.841. The van der Waals surface area contributed by atoms with Gasteiger partial charge >= 0.3 is 6.03 Å². The van der Waals surface area contributed by atoms with Crippen LogP contribution in [-0.4, -0.2) is 23.5 Å². The van der Waals surface area contributed by atoms with E-state index in [9.17, 15) is 4.79 Å². The minimum Gasteiger partial charge on any atom is -0.398 e. The van der Waals surface area contributed by atoms with Crippen LogP contribution in [0.5, 0.6) is 0 Å². The first-order valence-corrected chi connectivity index (χ1v) is 5.99. The first kappa shape index (κ1) is 11.8. The van der Waals surface area contributed by atoms with Crippen LogP contribution in [0.25, 0.3) is 0 Å². The van der Waals surface area contributed by atoms with E-state index in [1.807, 2.05) is 36.9 Å². The molecule has 0 saturated heterocycles. The van der Waals surface area contributed by atoms with Crippen LogP contribution in [0.3, 0.4) is 0 Å². The number of nitrogens with two attached hydrogens (primary N) is 1. The molecular formula is C13H19N3O. The summed E-state index contributed by atoms with van der Waals surface area (Å²) >= 11 is 0. The fourth-order valence-corrected chi connectivity index (χ4v) is 2.15. The molecule has 1 aromatic rings. The van der Waals surface area contributed by atoms with Crippen LogP contribution in [0.2, 0.25) is 0 Å². The third-order valence-corrected chi connectivity index (χ3v) is 3.00. The second-order valence-electron chi connectivity index (χ2n) is 4.76.